The first-order chi connectivity index (χ1) is 11.5. The molecule has 0 bridgehead atoms. The molecule has 0 atom stereocenters. The van der Waals surface area contributed by atoms with E-state index in [0.717, 1.165) is 5.69 Å². The third kappa shape index (κ3) is 3.04. The Hall–Kier alpha value is -3.01. The van der Waals surface area contributed by atoms with Crippen LogP contribution in [0.3, 0.4) is 0 Å². The van der Waals surface area contributed by atoms with Crippen LogP contribution in [0.25, 0.3) is 16.7 Å². The highest BCUT2D eigenvalue weighted by Crippen LogP contribution is 2.20. The first-order valence-corrected chi connectivity index (χ1v) is 7.80. The van der Waals surface area contributed by atoms with Gasteiger partial charge in [0.1, 0.15) is 5.39 Å². The molecule has 0 N–H and O–H groups in total. The van der Waals surface area contributed by atoms with Crippen LogP contribution in [0.2, 0.25) is 0 Å². The van der Waals surface area contributed by atoms with E-state index in [0.29, 0.717) is 30.4 Å². The minimum Gasteiger partial charge on any atom is -0.267 e. The summed E-state index contributed by atoms with van der Waals surface area (Å²) in [7, 11) is 0. The van der Waals surface area contributed by atoms with Gasteiger partial charge in [-0.05, 0) is 38.8 Å². The average molecular weight is 322 g/mol. The maximum absolute atomic E-state index is 12.5. The van der Waals surface area contributed by atoms with Crippen molar-refractivity contribution in [3.8, 4) is 11.8 Å². The number of nitrogens with zero attached hydrogens (tertiary/aromatic N) is 6. The van der Waals surface area contributed by atoms with Gasteiger partial charge in [-0.1, -0.05) is 23.4 Å². The lowest BCUT2D eigenvalue weighted by atomic mass is 9.90. The number of benzene rings is 1. The van der Waals surface area contributed by atoms with Crippen molar-refractivity contribution in [3.63, 3.8) is 0 Å². The molecule has 122 valence electrons. The second-order valence-electron chi connectivity index (χ2n) is 6.35. The van der Waals surface area contributed by atoms with Gasteiger partial charge in [0.15, 0.2) is 5.65 Å². The molecule has 24 heavy (non-hydrogen) atoms. The van der Waals surface area contributed by atoms with Gasteiger partial charge in [-0.3, -0.25) is 4.79 Å². The third-order valence-electron chi connectivity index (χ3n) is 3.93. The van der Waals surface area contributed by atoms with E-state index in [9.17, 15) is 4.79 Å². The lowest BCUT2D eigenvalue weighted by molar-refractivity contribution is 0.398. The van der Waals surface area contributed by atoms with Gasteiger partial charge in [-0.15, -0.1) is 5.10 Å². The molecule has 0 saturated heterocycles. The van der Waals surface area contributed by atoms with Gasteiger partial charge < -0.3 is 0 Å². The summed E-state index contributed by atoms with van der Waals surface area (Å²) in [6.07, 6.45) is 2.90. The number of aryl methyl sites for hydroxylation is 1. The van der Waals surface area contributed by atoms with Crippen LogP contribution in [0.5, 0.6) is 0 Å². The number of para-hydroxylation sites is 1. The van der Waals surface area contributed by atoms with Crippen LogP contribution in [0.4, 0.5) is 0 Å². The van der Waals surface area contributed by atoms with Crippen molar-refractivity contribution < 1.29 is 0 Å². The molecule has 0 saturated carbocycles. The minimum absolute atomic E-state index is 0.211. The van der Waals surface area contributed by atoms with Crippen LogP contribution in [0.15, 0.2) is 41.3 Å². The minimum atomic E-state index is -0.403. The quantitative estimate of drug-likeness (QED) is 0.719. The molecule has 0 fully saturated rings. The van der Waals surface area contributed by atoms with Crippen LogP contribution in [0.1, 0.15) is 26.7 Å². The zero-order valence-corrected chi connectivity index (χ0v) is 13.7. The Kier molecular flexibility index (Phi) is 4.13. The van der Waals surface area contributed by atoms with Gasteiger partial charge >= 0.3 is 0 Å². The molecule has 3 aromatic rings. The summed E-state index contributed by atoms with van der Waals surface area (Å²) in [6, 6.07) is 11.7. The number of hydrogen-bond donors (Lipinski definition) is 0. The summed E-state index contributed by atoms with van der Waals surface area (Å²) in [5.41, 5.74) is 0.658. The first kappa shape index (κ1) is 15.9. The van der Waals surface area contributed by atoms with Crippen molar-refractivity contribution in [2.45, 2.75) is 33.2 Å². The Morgan fingerprint density at radius 1 is 1.25 bits per heavy atom. The Bertz CT molecular complexity index is 949. The number of nitriles is 1. The van der Waals surface area contributed by atoms with Crippen LogP contribution < -0.4 is 5.56 Å². The number of fused-ring (bicyclic) bond motifs is 1. The molecule has 0 aliphatic carbocycles. The molecule has 7 nitrogen and oxygen atoms in total. The standard InChI is InChI=1S/C17H18N6O/c1-17(2,12-18)9-6-10-22-16(24)14-11-19-23(15(14)20-21-22)13-7-4-3-5-8-13/h3-5,7-8,11H,6,9-10H2,1-2H3. The summed E-state index contributed by atoms with van der Waals surface area (Å²) in [4.78, 5) is 12.5. The smallest absolute Gasteiger partial charge is 0.267 e. The molecule has 2 aromatic heterocycles. The molecule has 2 heterocycles. The molecular formula is C17H18N6O. The normalized spacial score (nSPS) is 11.5. The SMILES string of the molecule is CC(C)(C#N)CCCn1nnc2c(cnn2-c2ccccc2)c1=O. The van der Waals surface area contributed by atoms with E-state index in [4.69, 9.17) is 5.26 Å². The van der Waals surface area contributed by atoms with Crippen molar-refractivity contribution in [1.29, 1.82) is 5.26 Å². The third-order valence-corrected chi connectivity index (χ3v) is 3.93. The highest BCUT2D eigenvalue weighted by Gasteiger charge is 2.17. The molecule has 7 heteroatoms. The van der Waals surface area contributed by atoms with Crippen molar-refractivity contribution >= 4 is 11.0 Å². The Morgan fingerprint density at radius 2 is 2.00 bits per heavy atom. The second kappa shape index (κ2) is 6.24. The summed E-state index contributed by atoms with van der Waals surface area (Å²) in [5.74, 6) is 0. The summed E-state index contributed by atoms with van der Waals surface area (Å²) in [5, 5.41) is 21.9. The predicted molar refractivity (Wildman–Crippen MR) is 89.5 cm³/mol. The van der Waals surface area contributed by atoms with Crippen LogP contribution in [0, 0.1) is 16.7 Å². The van der Waals surface area contributed by atoms with E-state index in [1.165, 1.54) is 10.9 Å². The largest absolute Gasteiger partial charge is 0.280 e. The van der Waals surface area contributed by atoms with Crippen molar-refractivity contribution in [2.24, 2.45) is 5.41 Å². The molecule has 0 aliphatic rings. The van der Waals surface area contributed by atoms with Gasteiger partial charge in [0, 0.05) is 6.54 Å². The first-order valence-electron chi connectivity index (χ1n) is 7.80. The number of aromatic nitrogens is 5. The second-order valence-corrected chi connectivity index (χ2v) is 6.35. The van der Waals surface area contributed by atoms with Gasteiger partial charge in [-0.25, -0.2) is 9.36 Å². The summed E-state index contributed by atoms with van der Waals surface area (Å²) >= 11 is 0. The van der Waals surface area contributed by atoms with Gasteiger partial charge in [0.2, 0.25) is 0 Å². The lowest BCUT2D eigenvalue weighted by Crippen LogP contribution is -2.25. The van der Waals surface area contributed by atoms with E-state index in [2.05, 4.69) is 21.5 Å². The molecule has 0 unspecified atom stereocenters. The zero-order chi connectivity index (χ0) is 17.2. The van der Waals surface area contributed by atoms with Crippen molar-refractivity contribution in [3.05, 3.63) is 46.9 Å². The topological polar surface area (TPSA) is 89.4 Å². The maximum atomic E-state index is 12.5. The van der Waals surface area contributed by atoms with Gasteiger partial charge in [0.05, 0.1) is 23.4 Å². The summed E-state index contributed by atoms with van der Waals surface area (Å²) < 4.78 is 2.94. The van der Waals surface area contributed by atoms with Gasteiger partial charge in [0.25, 0.3) is 5.56 Å². The Labute approximate surface area is 139 Å². The zero-order valence-electron chi connectivity index (χ0n) is 13.7. The fourth-order valence-electron chi connectivity index (χ4n) is 2.50. The van der Waals surface area contributed by atoms with E-state index >= 15 is 0 Å². The van der Waals surface area contributed by atoms with E-state index < -0.39 is 5.41 Å². The van der Waals surface area contributed by atoms with Crippen LogP contribution in [-0.2, 0) is 6.54 Å². The monoisotopic (exact) mass is 322 g/mol. The molecule has 1 aromatic carbocycles. The van der Waals surface area contributed by atoms with Crippen LogP contribution >= 0.6 is 0 Å². The molecule has 0 aliphatic heterocycles. The molecule has 0 spiro atoms. The molecule has 0 amide bonds. The fourth-order valence-corrected chi connectivity index (χ4v) is 2.50. The van der Waals surface area contributed by atoms with Crippen molar-refractivity contribution in [2.75, 3.05) is 0 Å². The van der Waals surface area contributed by atoms with Crippen LogP contribution in [-0.4, -0.2) is 24.8 Å². The maximum Gasteiger partial charge on any atom is 0.280 e. The number of rotatable bonds is 5. The van der Waals surface area contributed by atoms with E-state index in [-0.39, 0.29) is 5.56 Å². The van der Waals surface area contributed by atoms with E-state index in [1.807, 2.05) is 44.2 Å². The lowest BCUT2D eigenvalue weighted by Gasteiger charge is -2.14. The fraction of sp³-hybridized carbons (Fsp3) is 0.353. The summed E-state index contributed by atoms with van der Waals surface area (Å²) in [6.45, 7) is 4.20. The Balaban J connectivity index is 1.88. The molecule has 0 radical (unpaired) electrons. The molecule has 3 rings (SSSR count). The highest BCUT2D eigenvalue weighted by molar-refractivity contribution is 5.74. The highest BCUT2D eigenvalue weighted by atomic mass is 16.1. The van der Waals surface area contributed by atoms with Crippen molar-refractivity contribution in [1.82, 2.24) is 24.8 Å². The number of hydrogen-bond acceptors (Lipinski definition) is 5. The van der Waals surface area contributed by atoms with Gasteiger partial charge in [-0.2, -0.15) is 10.4 Å². The Morgan fingerprint density at radius 3 is 2.71 bits per heavy atom. The van der Waals surface area contributed by atoms with E-state index in [1.54, 1.807) is 4.68 Å². The average Bonchev–Trinajstić information content (AvgIpc) is 3.02. The predicted octanol–water partition coefficient (Wildman–Crippen LogP) is 2.31. The molecular weight excluding hydrogens is 304 g/mol.